The summed E-state index contributed by atoms with van der Waals surface area (Å²) >= 11 is 0. The maximum Gasteiger partial charge on any atom is 0.154 e. The second kappa shape index (κ2) is 5.69. The smallest absolute Gasteiger partial charge is 0.154 e. The van der Waals surface area contributed by atoms with Crippen LogP contribution in [0.1, 0.15) is 24.5 Å². The molecule has 5 heteroatoms. The van der Waals surface area contributed by atoms with Crippen LogP contribution in [0, 0.1) is 11.3 Å². The van der Waals surface area contributed by atoms with Crippen molar-refractivity contribution in [2.75, 3.05) is 12.9 Å². The van der Waals surface area contributed by atoms with E-state index in [1.165, 1.54) is 7.11 Å². The summed E-state index contributed by atoms with van der Waals surface area (Å²) in [6.45, 7) is 1.83. The number of methoxy groups -OCH3 is 1. The van der Waals surface area contributed by atoms with Gasteiger partial charge in [-0.2, -0.15) is 5.26 Å². The zero-order valence-corrected chi connectivity index (χ0v) is 10.8. The minimum absolute atomic E-state index is 0.0283. The van der Waals surface area contributed by atoms with Crippen LogP contribution >= 0.6 is 0 Å². The lowest BCUT2D eigenvalue weighted by molar-refractivity contribution is 0.413. The third kappa shape index (κ3) is 3.75. The van der Waals surface area contributed by atoms with E-state index in [4.69, 9.17) is 10.00 Å². The molecule has 0 saturated carbocycles. The second-order valence-corrected chi connectivity index (χ2v) is 5.92. The van der Waals surface area contributed by atoms with Crippen LogP contribution in [0.4, 0.5) is 0 Å². The predicted molar refractivity (Wildman–Crippen MR) is 65.5 cm³/mol. The fourth-order valence-electron chi connectivity index (χ4n) is 1.57. The van der Waals surface area contributed by atoms with Crippen molar-refractivity contribution in [3.63, 3.8) is 0 Å². The molecule has 0 radical (unpaired) electrons. The summed E-state index contributed by atoms with van der Waals surface area (Å²) in [7, 11) is -1.60. The van der Waals surface area contributed by atoms with Gasteiger partial charge < -0.3 is 4.74 Å². The minimum Gasteiger partial charge on any atom is -0.495 e. The Hall–Kier alpha value is -1.54. The van der Waals surface area contributed by atoms with Crippen LogP contribution in [0.2, 0.25) is 0 Å². The summed E-state index contributed by atoms with van der Waals surface area (Å²) < 4.78 is 28.3. The molecule has 0 spiro atoms. The Balaban J connectivity index is 2.99. The van der Waals surface area contributed by atoms with Crippen LogP contribution in [-0.2, 0) is 15.6 Å². The molecule has 1 rings (SSSR count). The first-order valence-corrected chi connectivity index (χ1v) is 7.12. The van der Waals surface area contributed by atoms with Crippen molar-refractivity contribution in [3.8, 4) is 11.8 Å². The van der Waals surface area contributed by atoms with Crippen LogP contribution in [0.5, 0.6) is 5.75 Å². The highest BCUT2D eigenvalue weighted by Crippen LogP contribution is 2.20. The Kier molecular flexibility index (Phi) is 4.53. The SMILES string of the molecule is CCCS(=O)(=O)Cc1ccc(OC)c(C#N)c1. The normalized spacial score (nSPS) is 10.9. The van der Waals surface area contributed by atoms with Gasteiger partial charge in [-0.25, -0.2) is 8.42 Å². The Labute approximate surface area is 102 Å². The fourth-order valence-corrected chi connectivity index (χ4v) is 3.02. The molecule has 0 fully saturated rings. The average molecular weight is 253 g/mol. The predicted octanol–water partition coefficient (Wildman–Crippen LogP) is 1.89. The number of ether oxygens (including phenoxy) is 1. The van der Waals surface area contributed by atoms with Crippen molar-refractivity contribution < 1.29 is 13.2 Å². The molecule has 0 aliphatic carbocycles. The third-order valence-electron chi connectivity index (χ3n) is 2.29. The van der Waals surface area contributed by atoms with Gasteiger partial charge in [-0.1, -0.05) is 13.0 Å². The van der Waals surface area contributed by atoms with Gasteiger partial charge in [0, 0.05) is 0 Å². The van der Waals surface area contributed by atoms with Gasteiger partial charge in [-0.05, 0) is 24.1 Å². The molecule has 0 unspecified atom stereocenters. The van der Waals surface area contributed by atoms with E-state index in [1.807, 2.05) is 13.0 Å². The maximum atomic E-state index is 11.6. The van der Waals surface area contributed by atoms with Crippen molar-refractivity contribution >= 4 is 9.84 Å². The van der Waals surface area contributed by atoms with E-state index in [0.29, 0.717) is 23.3 Å². The number of nitriles is 1. The Bertz CT molecular complexity index is 529. The summed E-state index contributed by atoms with van der Waals surface area (Å²) in [4.78, 5) is 0. The molecule has 92 valence electrons. The molecule has 17 heavy (non-hydrogen) atoms. The molecule has 1 aromatic carbocycles. The lowest BCUT2D eigenvalue weighted by atomic mass is 10.1. The average Bonchev–Trinajstić information content (AvgIpc) is 2.28. The molecule has 0 aromatic heterocycles. The van der Waals surface area contributed by atoms with Crippen LogP contribution < -0.4 is 4.74 Å². The number of nitrogens with zero attached hydrogens (tertiary/aromatic N) is 1. The molecular weight excluding hydrogens is 238 g/mol. The van der Waals surface area contributed by atoms with E-state index >= 15 is 0 Å². The van der Waals surface area contributed by atoms with Crippen LogP contribution in [-0.4, -0.2) is 21.3 Å². The fraction of sp³-hybridized carbons (Fsp3) is 0.417. The zero-order valence-electron chi connectivity index (χ0n) is 9.93. The molecular formula is C12H15NO3S. The topological polar surface area (TPSA) is 67.2 Å². The summed E-state index contributed by atoms with van der Waals surface area (Å²) in [5.41, 5.74) is 0.979. The number of sulfone groups is 1. The molecule has 0 atom stereocenters. The van der Waals surface area contributed by atoms with E-state index in [0.717, 1.165) is 0 Å². The van der Waals surface area contributed by atoms with Crippen LogP contribution in [0.3, 0.4) is 0 Å². The standard InChI is InChI=1S/C12H15NO3S/c1-3-6-17(14,15)9-10-4-5-12(16-2)11(7-10)8-13/h4-5,7H,3,6,9H2,1-2H3. The van der Waals surface area contributed by atoms with Gasteiger partial charge in [0.05, 0.1) is 24.2 Å². The first kappa shape index (κ1) is 13.5. The summed E-state index contributed by atoms with van der Waals surface area (Å²) in [5.74, 6) is 0.601. The number of benzene rings is 1. The van der Waals surface area contributed by atoms with Crippen molar-refractivity contribution in [1.82, 2.24) is 0 Å². The molecule has 1 aromatic rings. The molecule has 0 aliphatic heterocycles. The number of hydrogen-bond donors (Lipinski definition) is 0. The van der Waals surface area contributed by atoms with Crippen molar-refractivity contribution in [2.24, 2.45) is 0 Å². The largest absolute Gasteiger partial charge is 0.495 e. The molecule has 0 amide bonds. The lowest BCUT2D eigenvalue weighted by Gasteiger charge is -2.06. The Morgan fingerprint density at radius 3 is 2.65 bits per heavy atom. The first-order valence-electron chi connectivity index (χ1n) is 5.30. The molecule has 0 bridgehead atoms. The van der Waals surface area contributed by atoms with Crippen molar-refractivity contribution in [3.05, 3.63) is 29.3 Å². The van der Waals surface area contributed by atoms with Gasteiger partial charge in [0.2, 0.25) is 0 Å². The van der Waals surface area contributed by atoms with E-state index in [9.17, 15) is 8.42 Å². The molecule has 0 heterocycles. The number of hydrogen-bond acceptors (Lipinski definition) is 4. The summed E-state index contributed by atoms with van der Waals surface area (Å²) in [6, 6.07) is 6.84. The van der Waals surface area contributed by atoms with Gasteiger partial charge in [0.25, 0.3) is 0 Å². The molecule has 0 aliphatic rings. The summed E-state index contributed by atoms with van der Waals surface area (Å²) in [5, 5.41) is 8.90. The van der Waals surface area contributed by atoms with Gasteiger partial charge in [0.15, 0.2) is 9.84 Å². The van der Waals surface area contributed by atoms with E-state index in [2.05, 4.69) is 0 Å². The van der Waals surface area contributed by atoms with Gasteiger partial charge in [0.1, 0.15) is 11.8 Å². The van der Waals surface area contributed by atoms with Crippen LogP contribution in [0.15, 0.2) is 18.2 Å². The van der Waals surface area contributed by atoms with Gasteiger partial charge in [-0.3, -0.25) is 0 Å². The minimum atomic E-state index is -3.08. The van der Waals surface area contributed by atoms with Gasteiger partial charge >= 0.3 is 0 Å². The monoisotopic (exact) mass is 253 g/mol. The Morgan fingerprint density at radius 2 is 2.12 bits per heavy atom. The van der Waals surface area contributed by atoms with Gasteiger partial charge in [-0.15, -0.1) is 0 Å². The van der Waals surface area contributed by atoms with E-state index in [1.54, 1.807) is 18.2 Å². The zero-order chi connectivity index (χ0) is 12.9. The highest BCUT2D eigenvalue weighted by atomic mass is 32.2. The molecule has 0 saturated heterocycles. The highest BCUT2D eigenvalue weighted by Gasteiger charge is 2.12. The van der Waals surface area contributed by atoms with Crippen molar-refractivity contribution in [2.45, 2.75) is 19.1 Å². The maximum absolute atomic E-state index is 11.6. The first-order chi connectivity index (χ1) is 8.02. The lowest BCUT2D eigenvalue weighted by Crippen LogP contribution is -2.08. The highest BCUT2D eigenvalue weighted by molar-refractivity contribution is 7.90. The van der Waals surface area contributed by atoms with E-state index < -0.39 is 9.84 Å². The van der Waals surface area contributed by atoms with E-state index in [-0.39, 0.29) is 11.5 Å². The van der Waals surface area contributed by atoms with Crippen molar-refractivity contribution in [1.29, 1.82) is 5.26 Å². The molecule has 0 N–H and O–H groups in total. The third-order valence-corrected chi connectivity index (χ3v) is 4.09. The Morgan fingerprint density at radius 1 is 1.41 bits per heavy atom. The quantitative estimate of drug-likeness (QED) is 0.803. The molecule has 4 nitrogen and oxygen atoms in total. The number of rotatable bonds is 5. The van der Waals surface area contributed by atoms with Crippen LogP contribution in [0.25, 0.3) is 0 Å². The summed E-state index contributed by atoms with van der Waals surface area (Å²) in [6.07, 6.45) is 0.601. The second-order valence-electron chi connectivity index (χ2n) is 3.74.